The third-order valence-corrected chi connectivity index (χ3v) is 7.15. The van der Waals surface area contributed by atoms with Crippen LogP contribution in [0.3, 0.4) is 0 Å². The number of aromatic nitrogens is 3. The zero-order valence-electron chi connectivity index (χ0n) is 20.4. The molecule has 2 aromatic heterocycles. The van der Waals surface area contributed by atoms with Gasteiger partial charge in [0.15, 0.2) is 16.6 Å². The van der Waals surface area contributed by atoms with Gasteiger partial charge in [0.1, 0.15) is 17.2 Å². The highest BCUT2D eigenvalue weighted by Gasteiger charge is 2.28. The lowest BCUT2D eigenvalue weighted by atomic mass is 9.96. The van der Waals surface area contributed by atoms with Crippen LogP contribution < -0.4 is 10.6 Å². The Balaban J connectivity index is 1.40. The van der Waals surface area contributed by atoms with Gasteiger partial charge in [0, 0.05) is 24.2 Å². The first-order valence-electron chi connectivity index (χ1n) is 11.8. The number of halogens is 3. The number of rotatable bonds is 6. The highest BCUT2D eigenvalue weighted by atomic mass is 35.5. The number of carbonyl (C=O) groups excluding carboxylic acids is 3. The molecule has 2 amide bonds. The number of nitrogens with zero attached hydrogens (tertiary/aromatic N) is 3. The van der Waals surface area contributed by atoms with Crippen LogP contribution >= 0.6 is 23.2 Å². The fraction of sp³-hybridized carbons (Fsp3) is 0.222. The van der Waals surface area contributed by atoms with E-state index in [1.165, 1.54) is 41.8 Å². The van der Waals surface area contributed by atoms with E-state index in [1.807, 2.05) is 13.0 Å². The minimum absolute atomic E-state index is 0.000792. The second-order valence-electron chi connectivity index (χ2n) is 9.12. The summed E-state index contributed by atoms with van der Waals surface area (Å²) in [4.78, 5) is 42.6. The van der Waals surface area contributed by atoms with E-state index >= 15 is 0 Å². The fourth-order valence-electron chi connectivity index (χ4n) is 4.79. The molecule has 1 aliphatic carbocycles. The zero-order valence-corrected chi connectivity index (χ0v) is 22.0. The number of carbonyl (C=O) groups is 3. The average Bonchev–Trinajstić information content (AvgIpc) is 3.46. The van der Waals surface area contributed by atoms with Crippen LogP contribution in [0.15, 0.2) is 42.5 Å². The number of benzene rings is 2. The number of ketones is 1. The summed E-state index contributed by atoms with van der Waals surface area (Å²) < 4.78 is 14.7. The number of amides is 2. The van der Waals surface area contributed by atoms with Crippen LogP contribution in [0.5, 0.6) is 0 Å². The maximum absolute atomic E-state index is 13.4. The predicted octanol–water partition coefficient (Wildman–Crippen LogP) is 5.03. The molecule has 0 fully saturated rings. The quantitative estimate of drug-likeness (QED) is 0.325. The maximum Gasteiger partial charge on any atom is 0.270 e. The number of Topliss-reactive ketones (excluding diaryl/α,β-unsaturated/α-hetero) is 1. The minimum Gasteiger partial charge on any atom is -0.347 e. The molecule has 5 rings (SSSR count). The largest absolute Gasteiger partial charge is 0.347 e. The standard InChI is InChI=1S/C27H22Cl2FN5O3/c1-13-16(14(2)36)4-5-18-17(13)6-8-21(18)33-27(38)23-10-22(32-25-11-24(29)34-35(23)25)26(37)31-12-15-3-7-20(30)19(28)9-15/h3-5,7,9-11,21H,6,8,12H2,1-2H3,(H,31,37)(H,33,38)/t21-/m0/s1. The van der Waals surface area contributed by atoms with Gasteiger partial charge in [0.25, 0.3) is 11.8 Å². The smallest absolute Gasteiger partial charge is 0.270 e. The molecular formula is C27H22Cl2FN5O3. The molecule has 0 bridgehead atoms. The molecule has 4 aromatic rings. The Morgan fingerprint density at radius 3 is 2.63 bits per heavy atom. The monoisotopic (exact) mass is 553 g/mol. The molecule has 2 heterocycles. The van der Waals surface area contributed by atoms with Crippen LogP contribution in [0.2, 0.25) is 10.2 Å². The van der Waals surface area contributed by atoms with Crippen molar-refractivity contribution in [2.24, 2.45) is 0 Å². The van der Waals surface area contributed by atoms with Gasteiger partial charge in [-0.3, -0.25) is 14.4 Å². The van der Waals surface area contributed by atoms with Crippen LogP contribution in [0, 0.1) is 12.7 Å². The molecule has 2 N–H and O–H groups in total. The van der Waals surface area contributed by atoms with Gasteiger partial charge in [-0.1, -0.05) is 41.4 Å². The fourth-order valence-corrected chi connectivity index (χ4v) is 5.17. The van der Waals surface area contributed by atoms with E-state index in [4.69, 9.17) is 23.2 Å². The van der Waals surface area contributed by atoms with Crippen molar-refractivity contribution in [2.75, 3.05) is 0 Å². The molecule has 2 aromatic carbocycles. The maximum atomic E-state index is 13.4. The summed E-state index contributed by atoms with van der Waals surface area (Å²) >= 11 is 11.9. The summed E-state index contributed by atoms with van der Waals surface area (Å²) in [6.45, 7) is 3.53. The predicted molar refractivity (Wildman–Crippen MR) is 140 cm³/mol. The molecule has 1 atom stereocenters. The lowest BCUT2D eigenvalue weighted by molar-refractivity contribution is 0.0927. The molecule has 0 saturated carbocycles. The first kappa shape index (κ1) is 25.8. The average molecular weight is 554 g/mol. The van der Waals surface area contributed by atoms with E-state index in [1.54, 1.807) is 6.07 Å². The van der Waals surface area contributed by atoms with Gasteiger partial charge in [0.2, 0.25) is 0 Å². The van der Waals surface area contributed by atoms with Crippen LogP contribution in [0.25, 0.3) is 5.65 Å². The first-order chi connectivity index (χ1) is 18.1. The normalized spacial score (nSPS) is 14.4. The molecular weight excluding hydrogens is 532 g/mol. The van der Waals surface area contributed by atoms with Gasteiger partial charge in [-0.05, 0) is 61.1 Å². The zero-order chi connectivity index (χ0) is 27.1. The van der Waals surface area contributed by atoms with E-state index < -0.39 is 17.6 Å². The SMILES string of the molecule is CC(=O)c1ccc2c(c1C)CC[C@@H]2NC(=O)c1cc(C(=O)NCc2ccc(F)c(Cl)c2)nc2cc(Cl)nn12. The molecule has 0 unspecified atom stereocenters. The van der Waals surface area contributed by atoms with E-state index in [-0.39, 0.29) is 45.6 Å². The molecule has 11 heteroatoms. The summed E-state index contributed by atoms with van der Waals surface area (Å²) in [5.74, 6) is -1.55. The summed E-state index contributed by atoms with van der Waals surface area (Å²) in [5.41, 5.74) is 4.52. The van der Waals surface area contributed by atoms with Gasteiger partial charge < -0.3 is 10.6 Å². The van der Waals surface area contributed by atoms with Crippen LogP contribution in [-0.2, 0) is 13.0 Å². The second kappa shape index (κ2) is 10.2. The van der Waals surface area contributed by atoms with Gasteiger partial charge in [-0.15, -0.1) is 0 Å². The molecule has 0 saturated heterocycles. The van der Waals surface area contributed by atoms with Crippen molar-refractivity contribution in [3.63, 3.8) is 0 Å². The molecule has 0 spiro atoms. The Kier molecular flexibility index (Phi) is 6.90. The van der Waals surface area contributed by atoms with Gasteiger partial charge >= 0.3 is 0 Å². The summed E-state index contributed by atoms with van der Waals surface area (Å²) in [6, 6.07) is 10.3. The summed E-state index contributed by atoms with van der Waals surface area (Å²) in [5, 5.41) is 9.94. The lowest BCUT2D eigenvalue weighted by Gasteiger charge is -2.16. The van der Waals surface area contributed by atoms with Crippen molar-refractivity contribution < 1.29 is 18.8 Å². The molecule has 8 nitrogen and oxygen atoms in total. The van der Waals surface area contributed by atoms with Gasteiger partial charge in [-0.2, -0.15) is 5.10 Å². The van der Waals surface area contributed by atoms with Crippen molar-refractivity contribution in [1.29, 1.82) is 0 Å². The lowest BCUT2D eigenvalue weighted by Crippen LogP contribution is -2.30. The summed E-state index contributed by atoms with van der Waals surface area (Å²) in [7, 11) is 0. The van der Waals surface area contributed by atoms with Crippen LogP contribution in [-0.4, -0.2) is 32.2 Å². The Bertz CT molecular complexity index is 1630. The third-order valence-electron chi connectivity index (χ3n) is 6.68. The van der Waals surface area contributed by atoms with E-state index in [2.05, 4.69) is 20.7 Å². The Morgan fingerprint density at radius 2 is 1.89 bits per heavy atom. The highest BCUT2D eigenvalue weighted by molar-refractivity contribution is 6.30. The number of hydrogen-bond acceptors (Lipinski definition) is 5. The number of fused-ring (bicyclic) bond motifs is 2. The Morgan fingerprint density at radius 1 is 1.11 bits per heavy atom. The molecule has 0 radical (unpaired) electrons. The van der Waals surface area contributed by atoms with Crippen molar-refractivity contribution in [3.05, 3.63) is 97.7 Å². The topological polar surface area (TPSA) is 105 Å². The van der Waals surface area contributed by atoms with Crippen LogP contribution in [0.4, 0.5) is 4.39 Å². The van der Waals surface area contributed by atoms with Crippen molar-refractivity contribution >= 4 is 46.4 Å². The number of hydrogen-bond donors (Lipinski definition) is 2. The van der Waals surface area contributed by atoms with E-state index in [0.29, 0.717) is 17.5 Å². The number of nitrogens with one attached hydrogen (secondary N) is 2. The molecule has 0 aliphatic heterocycles. The molecule has 1 aliphatic rings. The van der Waals surface area contributed by atoms with Gasteiger partial charge in [0.05, 0.1) is 11.1 Å². The first-order valence-corrected chi connectivity index (χ1v) is 12.6. The Labute approximate surface area is 227 Å². The van der Waals surface area contributed by atoms with Crippen molar-refractivity contribution in [1.82, 2.24) is 25.2 Å². The van der Waals surface area contributed by atoms with Crippen molar-refractivity contribution in [3.8, 4) is 0 Å². The molecule has 38 heavy (non-hydrogen) atoms. The minimum atomic E-state index is -0.554. The van der Waals surface area contributed by atoms with Crippen molar-refractivity contribution in [2.45, 2.75) is 39.3 Å². The summed E-state index contributed by atoms with van der Waals surface area (Å²) in [6.07, 6.45) is 1.40. The third kappa shape index (κ3) is 4.87. The second-order valence-corrected chi connectivity index (χ2v) is 9.92. The van der Waals surface area contributed by atoms with E-state index in [0.717, 1.165) is 23.1 Å². The van der Waals surface area contributed by atoms with Gasteiger partial charge in [-0.25, -0.2) is 13.9 Å². The van der Waals surface area contributed by atoms with E-state index in [9.17, 15) is 18.8 Å². The Hall–Kier alpha value is -3.82. The van der Waals surface area contributed by atoms with Crippen LogP contribution in [0.1, 0.15) is 73.0 Å². The highest BCUT2D eigenvalue weighted by Crippen LogP contribution is 2.35. The molecule has 194 valence electrons.